The molecule has 0 atom stereocenters. The molecule has 2 aromatic rings. The van der Waals surface area contributed by atoms with Gasteiger partial charge in [-0.05, 0) is 24.3 Å². The maximum atomic E-state index is 12.3. The number of ether oxygens (including phenoxy) is 2. The van der Waals surface area contributed by atoms with Crippen LogP contribution in [-0.4, -0.2) is 35.8 Å². The first-order chi connectivity index (χ1) is 11.2. The van der Waals surface area contributed by atoms with Crippen molar-refractivity contribution >= 4 is 5.97 Å². The molecule has 7 heteroatoms. The van der Waals surface area contributed by atoms with Crippen LogP contribution in [0.15, 0.2) is 41.3 Å². The average molecular weight is 313 g/mol. The summed E-state index contributed by atoms with van der Waals surface area (Å²) in [7, 11) is 1.49. The molecule has 0 aliphatic heterocycles. The second-order valence-electron chi connectivity index (χ2n) is 4.56. The molecule has 0 aliphatic rings. The largest absolute Gasteiger partial charge is 0.462 e. The van der Waals surface area contributed by atoms with Gasteiger partial charge in [0.2, 0.25) is 0 Å². The Kier molecular flexibility index (Phi) is 5.61. The summed E-state index contributed by atoms with van der Waals surface area (Å²) < 4.78 is 11.0. The van der Waals surface area contributed by atoms with E-state index in [0.717, 1.165) is 0 Å². The Balaban J connectivity index is 2.37. The lowest BCUT2D eigenvalue weighted by Crippen LogP contribution is -2.29. The number of rotatable bonds is 6. The fourth-order valence-corrected chi connectivity index (χ4v) is 1.97. The first-order valence-corrected chi connectivity index (χ1v) is 6.87. The normalized spacial score (nSPS) is 10.1. The third-order valence-corrected chi connectivity index (χ3v) is 3.06. The standard InChI is InChI=1S/C16H15N3O4/c1-22-8-9-23-15(20)11-19-14(13-4-2-3-7-18-13)6-5-12(10-17)16(19)21/h2-7H,8-9,11H2,1H3. The maximum Gasteiger partial charge on any atom is 0.326 e. The predicted octanol–water partition coefficient (Wildman–Crippen LogP) is 0.972. The number of nitrogens with zero attached hydrogens (tertiary/aromatic N) is 3. The molecule has 23 heavy (non-hydrogen) atoms. The van der Waals surface area contributed by atoms with Gasteiger partial charge in [0, 0.05) is 13.3 Å². The van der Waals surface area contributed by atoms with Gasteiger partial charge in [0.05, 0.1) is 18.0 Å². The fourth-order valence-electron chi connectivity index (χ4n) is 1.97. The van der Waals surface area contributed by atoms with Gasteiger partial charge in [-0.2, -0.15) is 5.26 Å². The quantitative estimate of drug-likeness (QED) is 0.582. The molecule has 2 heterocycles. The Bertz CT molecular complexity index is 778. The van der Waals surface area contributed by atoms with Gasteiger partial charge >= 0.3 is 5.97 Å². The highest BCUT2D eigenvalue weighted by Gasteiger charge is 2.15. The summed E-state index contributed by atoms with van der Waals surface area (Å²) in [5.74, 6) is -0.587. The van der Waals surface area contributed by atoms with Crippen LogP contribution < -0.4 is 5.56 Å². The summed E-state index contributed by atoms with van der Waals surface area (Å²) in [6.45, 7) is 0.0664. The zero-order valence-corrected chi connectivity index (χ0v) is 12.6. The molecule has 2 aromatic heterocycles. The molecule has 118 valence electrons. The van der Waals surface area contributed by atoms with Crippen LogP contribution in [0.1, 0.15) is 5.56 Å². The van der Waals surface area contributed by atoms with E-state index in [-0.39, 0.29) is 25.3 Å². The highest BCUT2D eigenvalue weighted by Crippen LogP contribution is 2.15. The van der Waals surface area contributed by atoms with E-state index in [2.05, 4.69) is 4.98 Å². The van der Waals surface area contributed by atoms with E-state index in [1.54, 1.807) is 30.5 Å². The molecule has 0 bridgehead atoms. The summed E-state index contributed by atoms with van der Waals surface area (Å²) in [5, 5.41) is 9.00. The van der Waals surface area contributed by atoms with Crippen molar-refractivity contribution in [3.05, 3.63) is 52.4 Å². The summed E-state index contributed by atoms with van der Waals surface area (Å²) in [4.78, 5) is 28.4. The van der Waals surface area contributed by atoms with Crippen molar-refractivity contribution in [2.45, 2.75) is 6.54 Å². The third-order valence-electron chi connectivity index (χ3n) is 3.06. The summed E-state index contributed by atoms with van der Waals surface area (Å²) in [5.41, 5.74) is 0.366. The molecule has 0 radical (unpaired) electrons. The minimum Gasteiger partial charge on any atom is -0.462 e. The summed E-state index contributed by atoms with van der Waals surface area (Å²) in [6, 6.07) is 10.0. The molecule has 0 amide bonds. The molecular formula is C16H15N3O4. The van der Waals surface area contributed by atoms with Crippen molar-refractivity contribution in [1.29, 1.82) is 5.26 Å². The zero-order valence-electron chi connectivity index (χ0n) is 12.6. The van der Waals surface area contributed by atoms with Crippen LogP contribution in [0, 0.1) is 11.3 Å². The average Bonchev–Trinajstić information content (AvgIpc) is 2.57. The van der Waals surface area contributed by atoms with E-state index >= 15 is 0 Å². The Morgan fingerprint density at radius 2 is 2.13 bits per heavy atom. The lowest BCUT2D eigenvalue weighted by Gasteiger charge is -2.12. The molecule has 0 spiro atoms. The Morgan fingerprint density at radius 1 is 1.30 bits per heavy atom. The number of carbonyl (C=O) groups excluding carboxylic acids is 1. The van der Waals surface area contributed by atoms with E-state index in [1.165, 1.54) is 17.7 Å². The van der Waals surface area contributed by atoms with Crippen molar-refractivity contribution < 1.29 is 14.3 Å². The van der Waals surface area contributed by atoms with Gasteiger partial charge in [-0.3, -0.25) is 19.1 Å². The van der Waals surface area contributed by atoms with Crippen molar-refractivity contribution in [3.63, 3.8) is 0 Å². The number of nitriles is 1. The number of hydrogen-bond donors (Lipinski definition) is 0. The molecule has 0 saturated carbocycles. The Morgan fingerprint density at radius 3 is 2.78 bits per heavy atom. The van der Waals surface area contributed by atoms with Gasteiger partial charge in [-0.25, -0.2) is 0 Å². The zero-order chi connectivity index (χ0) is 16.7. The van der Waals surface area contributed by atoms with Crippen molar-refractivity contribution in [1.82, 2.24) is 9.55 Å². The molecule has 2 rings (SSSR count). The molecule has 0 unspecified atom stereocenters. The lowest BCUT2D eigenvalue weighted by molar-refractivity contribution is -0.145. The molecule has 7 nitrogen and oxygen atoms in total. The van der Waals surface area contributed by atoms with E-state index in [1.807, 2.05) is 6.07 Å². The third kappa shape index (κ3) is 4.02. The van der Waals surface area contributed by atoms with Crippen molar-refractivity contribution in [2.75, 3.05) is 20.3 Å². The highest BCUT2D eigenvalue weighted by molar-refractivity contribution is 5.70. The first kappa shape index (κ1) is 16.4. The van der Waals surface area contributed by atoms with Gasteiger partial charge in [0.1, 0.15) is 24.8 Å². The Hall–Kier alpha value is -2.98. The molecule has 0 N–H and O–H groups in total. The molecule has 0 aliphatic carbocycles. The first-order valence-electron chi connectivity index (χ1n) is 6.87. The summed E-state index contributed by atoms with van der Waals surface area (Å²) >= 11 is 0. The maximum absolute atomic E-state index is 12.3. The van der Waals surface area contributed by atoms with Crippen LogP contribution in [0.5, 0.6) is 0 Å². The Labute approximate surface area is 132 Å². The summed E-state index contributed by atoms with van der Waals surface area (Å²) in [6.07, 6.45) is 1.58. The van der Waals surface area contributed by atoms with Gasteiger partial charge in [-0.1, -0.05) is 6.07 Å². The van der Waals surface area contributed by atoms with Gasteiger partial charge in [0.15, 0.2) is 0 Å². The van der Waals surface area contributed by atoms with Gasteiger partial charge < -0.3 is 9.47 Å². The van der Waals surface area contributed by atoms with Crippen LogP contribution in [0.3, 0.4) is 0 Å². The molecule has 0 saturated heterocycles. The fraction of sp³-hybridized carbons (Fsp3) is 0.250. The number of pyridine rings is 2. The van der Waals surface area contributed by atoms with E-state index in [9.17, 15) is 9.59 Å². The lowest BCUT2D eigenvalue weighted by atomic mass is 10.2. The van der Waals surface area contributed by atoms with Crippen LogP contribution >= 0.6 is 0 Å². The highest BCUT2D eigenvalue weighted by atomic mass is 16.6. The predicted molar refractivity (Wildman–Crippen MR) is 81.5 cm³/mol. The number of carbonyl (C=O) groups is 1. The van der Waals surface area contributed by atoms with Gasteiger partial charge in [-0.15, -0.1) is 0 Å². The number of esters is 1. The number of hydrogen-bond acceptors (Lipinski definition) is 6. The second kappa shape index (κ2) is 7.87. The van der Waals surface area contributed by atoms with Crippen LogP contribution in [0.2, 0.25) is 0 Å². The molecule has 0 fully saturated rings. The van der Waals surface area contributed by atoms with E-state index in [0.29, 0.717) is 11.4 Å². The van der Waals surface area contributed by atoms with Gasteiger partial charge in [0.25, 0.3) is 5.56 Å². The SMILES string of the molecule is COCCOC(=O)Cn1c(-c2ccccn2)ccc(C#N)c1=O. The van der Waals surface area contributed by atoms with Crippen LogP contribution in [0.25, 0.3) is 11.4 Å². The molecular weight excluding hydrogens is 298 g/mol. The number of methoxy groups -OCH3 is 1. The van der Waals surface area contributed by atoms with Crippen LogP contribution in [0.4, 0.5) is 0 Å². The van der Waals surface area contributed by atoms with Crippen molar-refractivity contribution in [2.24, 2.45) is 0 Å². The van der Waals surface area contributed by atoms with E-state index in [4.69, 9.17) is 14.7 Å². The topological polar surface area (TPSA) is 94.2 Å². The van der Waals surface area contributed by atoms with Crippen molar-refractivity contribution in [3.8, 4) is 17.5 Å². The second-order valence-corrected chi connectivity index (χ2v) is 4.56. The smallest absolute Gasteiger partial charge is 0.326 e. The minimum absolute atomic E-state index is 0.0469. The number of aromatic nitrogens is 2. The monoisotopic (exact) mass is 313 g/mol. The van der Waals surface area contributed by atoms with Crippen LogP contribution in [-0.2, 0) is 20.8 Å². The van der Waals surface area contributed by atoms with E-state index < -0.39 is 11.5 Å². The molecule has 0 aromatic carbocycles. The minimum atomic E-state index is -0.587.